The smallest absolute Gasteiger partial charge is 1.00 e. The Morgan fingerprint density at radius 2 is 0.214 bits per heavy atom. The summed E-state index contributed by atoms with van der Waals surface area (Å²) in [4.78, 5) is 0. The Kier molecular flexibility index (Phi) is 3920. The zero-order valence-electron chi connectivity index (χ0n) is 5.35. The molecule has 0 amide bonds. The largest absolute Gasteiger partial charge is 6.00 e. The summed E-state index contributed by atoms with van der Waals surface area (Å²) < 4.78 is 0. The summed E-state index contributed by atoms with van der Waals surface area (Å²) in [5, 5.41) is 0. The van der Waals surface area contributed by atoms with Gasteiger partial charge in [0, 0.05) is 0 Å². The third-order valence-electron chi connectivity index (χ3n) is 0. The monoisotopic (exact) mass is 701 g/mol. The molecule has 0 aliphatic rings. The van der Waals surface area contributed by atoms with Crippen molar-refractivity contribution in [3.63, 3.8) is 0 Å². The van der Waals surface area contributed by atoms with Crippen LogP contribution in [-0.4, -0.2) is 0 Å². The maximum absolute atomic E-state index is 0. The Bertz CT molecular complexity index is 10.3. The molecule has 0 radical (unpaired) electrons. The Labute approximate surface area is 188 Å². The average molecular weight is 705 g/mol. The third-order valence-corrected chi connectivity index (χ3v) is 0. The van der Waals surface area contributed by atoms with E-state index in [9.17, 15) is 0 Å². The molecule has 96 valence electrons. The molecule has 0 bridgehead atoms. The summed E-state index contributed by atoms with van der Waals surface area (Å²) in [6.07, 6.45) is 0. The second-order valence-electron chi connectivity index (χ2n) is 0. The van der Waals surface area contributed by atoms with Gasteiger partial charge in [0.15, 0.2) is 0 Å². The maximum atomic E-state index is 0. The number of hydrogen-bond acceptors (Lipinski definition) is 0. The Morgan fingerprint density at radius 3 is 0.214 bits per heavy atom. The molecule has 0 aliphatic heterocycles. The fourth-order valence-corrected chi connectivity index (χ4v) is 0. The van der Waals surface area contributed by atoms with Crippen molar-refractivity contribution in [1.82, 2.24) is 0 Å². The van der Waals surface area contributed by atoms with E-state index >= 15 is 0 Å². The van der Waals surface area contributed by atoms with Crippen LogP contribution in [0.15, 0.2) is 0 Å². The van der Waals surface area contributed by atoms with Crippen LogP contribution in [-0.2, 0) is 42.1 Å². The summed E-state index contributed by atoms with van der Waals surface area (Å²) in [5.74, 6) is 0. The zero-order valence-corrected chi connectivity index (χ0v) is 19.4. The fourth-order valence-electron chi connectivity index (χ4n) is 0. The van der Waals surface area contributed by atoms with Gasteiger partial charge >= 0.3 is 42.1 Å². The first-order valence-corrected chi connectivity index (χ1v) is 0. The molecule has 0 N–H and O–H groups in total. The molecule has 14 heavy (non-hydrogen) atoms. The second kappa shape index (κ2) is 215. The van der Waals surface area contributed by atoms with Crippen LogP contribution in [0, 0.1) is 0 Å². The van der Waals surface area contributed by atoms with E-state index < -0.39 is 0 Å². The van der Waals surface area contributed by atoms with Crippen molar-refractivity contribution in [3.8, 4) is 0 Å². The summed E-state index contributed by atoms with van der Waals surface area (Å²) in [6.45, 7) is 0. The van der Waals surface area contributed by atoms with Crippen LogP contribution >= 0.6 is 0 Å². The predicted octanol–water partition coefficient (Wildman–Crippen LogP) is -36.0. The third kappa shape index (κ3) is 180. The van der Waals surface area contributed by atoms with Gasteiger partial charge in [0.1, 0.15) is 0 Å². The van der Waals surface area contributed by atoms with E-state index in [0.717, 1.165) is 0 Å². The molecule has 0 aromatic rings. The molecule has 0 aromatic heterocycles. The predicted molar refractivity (Wildman–Crippen MR) is 0 cm³/mol. The standard InChI is InChI=1S/12ClH.Mo.W/h12*1H;;/q;;;;;;;;;;;;2*+6/p-12. The molecule has 0 aromatic carbocycles. The van der Waals surface area contributed by atoms with Gasteiger partial charge in [-0.05, 0) is 0 Å². The van der Waals surface area contributed by atoms with Gasteiger partial charge in [-0.3, -0.25) is 0 Å². The first-order valence-electron chi connectivity index (χ1n) is 0. The first kappa shape index (κ1) is 255. The van der Waals surface area contributed by atoms with Gasteiger partial charge in [-0.2, -0.15) is 0 Å². The van der Waals surface area contributed by atoms with Gasteiger partial charge in [0.05, 0.1) is 0 Å². The van der Waals surface area contributed by atoms with Crippen LogP contribution in [0.4, 0.5) is 0 Å². The molecule has 14 heteroatoms. The van der Waals surface area contributed by atoms with Gasteiger partial charge in [-0.25, -0.2) is 0 Å². The van der Waals surface area contributed by atoms with E-state index in [1.807, 2.05) is 0 Å². The van der Waals surface area contributed by atoms with E-state index in [1.165, 1.54) is 0 Å². The van der Waals surface area contributed by atoms with Crippen LogP contribution in [0.25, 0.3) is 0 Å². The normalized spacial score (nSPS) is 0. The molecule has 0 rings (SSSR count). The Hall–Kier alpha value is 4.86. The zero-order chi connectivity index (χ0) is 0. The number of halogens is 12. The van der Waals surface area contributed by atoms with Crippen molar-refractivity contribution < 1.29 is 191 Å². The Morgan fingerprint density at radius 1 is 0.214 bits per heavy atom. The van der Waals surface area contributed by atoms with E-state index in [4.69, 9.17) is 0 Å². The molecular formula is Cl12MoW. The quantitative estimate of drug-likeness (QED) is 0.220. The molecule has 0 saturated carbocycles. The van der Waals surface area contributed by atoms with E-state index in [-0.39, 0.29) is 191 Å². The molecule has 0 nitrogen and oxygen atoms in total. The van der Waals surface area contributed by atoms with Crippen LogP contribution in [0.3, 0.4) is 0 Å². The summed E-state index contributed by atoms with van der Waals surface area (Å²) >= 11 is 0. The maximum Gasteiger partial charge on any atom is 6.00 e. The molecule has 0 spiro atoms. The summed E-state index contributed by atoms with van der Waals surface area (Å²) in [5.41, 5.74) is 0. The van der Waals surface area contributed by atoms with Crippen LogP contribution in [0.1, 0.15) is 0 Å². The van der Waals surface area contributed by atoms with Crippen molar-refractivity contribution in [3.05, 3.63) is 0 Å². The molecule has 0 saturated heterocycles. The van der Waals surface area contributed by atoms with Gasteiger partial charge in [0.2, 0.25) is 0 Å². The van der Waals surface area contributed by atoms with Crippen LogP contribution in [0.2, 0.25) is 0 Å². The van der Waals surface area contributed by atoms with Crippen molar-refractivity contribution in [1.29, 1.82) is 0 Å². The topological polar surface area (TPSA) is 0 Å². The Balaban J connectivity index is 0. The molecule has 0 atom stereocenters. The SMILES string of the molecule is [Cl-].[Cl-].[Cl-].[Cl-].[Cl-].[Cl-].[Cl-].[Cl-].[Cl-].[Cl-].[Cl-].[Cl-].[Mo+6].[W+6]. The summed E-state index contributed by atoms with van der Waals surface area (Å²) in [7, 11) is 0. The van der Waals surface area contributed by atoms with E-state index in [1.54, 1.807) is 0 Å². The minimum absolute atomic E-state index is 0. The summed E-state index contributed by atoms with van der Waals surface area (Å²) in [6, 6.07) is 0. The second-order valence-corrected chi connectivity index (χ2v) is 0. The molecule has 0 unspecified atom stereocenters. The molecule has 0 heterocycles. The molecular weight excluding hydrogens is 705 g/mol. The van der Waals surface area contributed by atoms with Gasteiger partial charge in [-0.1, -0.05) is 0 Å². The van der Waals surface area contributed by atoms with Crippen molar-refractivity contribution >= 4 is 0 Å². The van der Waals surface area contributed by atoms with Gasteiger partial charge < -0.3 is 149 Å². The number of rotatable bonds is 0. The van der Waals surface area contributed by atoms with Crippen molar-refractivity contribution in [2.45, 2.75) is 0 Å². The van der Waals surface area contributed by atoms with Crippen molar-refractivity contribution in [2.75, 3.05) is 0 Å². The molecule has 0 fully saturated rings. The first-order chi connectivity index (χ1) is 0. The molecule has 0 aliphatic carbocycles. The van der Waals surface area contributed by atoms with Crippen LogP contribution < -0.4 is 149 Å². The van der Waals surface area contributed by atoms with Crippen LogP contribution in [0.5, 0.6) is 0 Å². The van der Waals surface area contributed by atoms with E-state index in [2.05, 4.69) is 0 Å². The minimum Gasteiger partial charge on any atom is -1.00 e. The minimum atomic E-state index is 0. The van der Waals surface area contributed by atoms with E-state index in [0.29, 0.717) is 0 Å². The van der Waals surface area contributed by atoms with Gasteiger partial charge in [0.25, 0.3) is 0 Å². The number of hydrogen-bond donors (Lipinski definition) is 0. The van der Waals surface area contributed by atoms with Gasteiger partial charge in [-0.15, -0.1) is 0 Å². The fraction of sp³-hybridized carbons (Fsp3) is 0. The average Bonchev–Trinajstić information content (AvgIpc) is 0. The van der Waals surface area contributed by atoms with Crippen molar-refractivity contribution in [2.24, 2.45) is 0 Å².